The Hall–Kier alpha value is -0.880. The van der Waals surface area contributed by atoms with Crippen LogP contribution in [0.15, 0.2) is 27.1 Å². The molecule has 1 aromatic rings. The predicted octanol–water partition coefficient (Wildman–Crippen LogP) is 2.78. The van der Waals surface area contributed by atoms with E-state index in [0.717, 1.165) is 8.95 Å². The number of likely N-dealkylation sites (tertiary alicyclic amines) is 1. The molecule has 0 N–H and O–H groups in total. The molecule has 1 fully saturated rings. The van der Waals surface area contributed by atoms with Gasteiger partial charge >= 0.3 is 0 Å². The zero-order chi connectivity index (χ0) is 13.8. The van der Waals surface area contributed by atoms with Crippen LogP contribution < -0.4 is 4.74 Å². The summed E-state index contributed by atoms with van der Waals surface area (Å²) in [6.07, 6.45) is 0.904. The van der Waals surface area contributed by atoms with Gasteiger partial charge in [-0.25, -0.2) is 0 Å². The summed E-state index contributed by atoms with van der Waals surface area (Å²) in [5.41, 5.74) is 0. The minimum atomic E-state index is -0.0812. The van der Waals surface area contributed by atoms with Crippen LogP contribution in [0.5, 0.6) is 5.75 Å². The SMILES string of the molecule is O=C1CCN(C(=O)COc2ccc(Br)cc2Br)CC1. The van der Waals surface area contributed by atoms with Gasteiger partial charge in [0.2, 0.25) is 0 Å². The van der Waals surface area contributed by atoms with Gasteiger partial charge in [-0.3, -0.25) is 9.59 Å². The van der Waals surface area contributed by atoms with Crippen molar-refractivity contribution < 1.29 is 14.3 Å². The number of carbonyl (C=O) groups excluding carboxylic acids is 2. The average Bonchev–Trinajstić information content (AvgIpc) is 2.38. The molecule has 19 heavy (non-hydrogen) atoms. The van der Waals surface area contributed by atoms with Crippen LogP contribution in [0.3, 0.4) is 0 Å². The molecule has 4 nitrogen and oxygen atoms in total. The highest BCUT2D eigenvalue weighted by molar-refractivity contribution is 9.11. The fraction of sp³-hybridized carbons (Fsp3) is 0.385. The van der Waals surface area contributed by atoms with Gasteiger partial charge in [-0.15, -0.1) is 0 Å². The first kappa shape index (κ1) is 14.5. The van der Waals surface area contributed by atoms with Gasteiger partial charge in [0, 0.05) is 30.4 Å². The number of ketones is 1. The smallest absolute Gasteiger partial charge is 0.260 e. The number of ether oxygens (including phenoxy) is 1. The summed E-state index contributed by atoms with van der Waals surface area (Å²) in [7, 11) is 0. The topological polar surface area (TPSA) is 46.6 Å². The quantitative estimate of drug-likeness (QED) is 0.797. The lowest BCUT2D eigenvalue weighted by Gasteiger charge is -2.26. The van der Waals surface area contributed by atoms with Crippen molar-refractivity contribution in [2.75, 3.05) is 19.7 Å². The number of Topliss-reactive ketones (excluding diaryl/α,β-unsaturated/α-hetero) is 1. The third kappa shape index (κ3) is 4.04. The van der Waals surface area contributed by atoms with Crippen molar-refractivity contribution in [3.63, 3.8) is 0 Å². The highest BCUT2D eigenvalue weighted by Crippen LogP contribution is 2.28. The monoisotopic (exact) mass is 389 g/mol. The highest BCUT2D eigenvalue weighted by Gasteiger charge is 2.21. The minimum absolute atomic E-state index is 0.00553. The van der Waals surface area contributed by atoms with Crippen LogP contribution in [-0.2, 0) is 9.59 Å². The maximum Gasteiger partial charge on any atom is 0.260 e. The van der Waals surface area contributed by atoms with Gasteiger partial charge in [-0.2, -0.15) is 0 Å². The standard InChI is InChI=1S/C13H13Br2NO3/c14-9-1-2-12(11(15)7-9)19-8-13(18)16-5-3-10(17)4-6-16/h1-2,7H,3-6,8H2. The number of carbonyl (C=O) groups is 2. The van der Waals surface area contributed by atoms with E-state index in [0.29, 0.717) is 31.7 Å². The van der Waals surface area contributed by atoms with E-state index in [2.05, 4.69) is 31.9 Å². The van der Waals surface area contributed by atoms with Gasteiger partial charge in [-0.05, 0) is 34.1 Å². The van der Waals surface area contributed by atoms with Gasteiger partial charge in [0.1, 0.15) is 11.5 Å². The predicted molar refractivity (Wildman–Crippen MR) is 78.2 cm³/mol. The van der Waals surface area contributed by atoms with Crippen LogP contribution in [0.25, 0.3) is 0 Å². The second-order valence-electron chi connectivity index (χ2n) is 4.28. The largest absolute Gasteiger partial charge is 0.483 e. The molecular weight excluding hydrogens is 378 g/mol. The Balaban J connectivity index is 1.88. The number of benzene rings is 1. The number of hydrogen-bond donors (Lipinski definition) is 0. The summed E-state index contributed by atoms with van der Waals surface area (Å²) in [5.74, 6) is 0.771. The fourth-order valence-corrected chi connectivity index (χ4v) is 2.99. The van der Waals surface area contributed by atoms with Crippen molar-refractivity contribution >= 4 is 43.6 Å². The summed E-state index contributed by atoms with van der Waals surface area (Å²) in [6, 6.07) is 5.50. The molecule has 1 aliphatic heterocycles. The van der Waals surface area contributed by atoms with Crippen LogP contribution in [0, 0.1) is 0 Å². The Morgan fingerprint density at radius 1 is 1.26 bits per heavy atom. The number of piperidine rings is 1. The molecule has 1 saturated heterocycles. The van der Waals surface area contributed by atoms with Crippen molar-refractivity contribution in [1.82, 2.24) is 4.90 Å². The molecule has 2 rings (SSSR count). The Morgan fingerprint density at radius 2 is 1.95 bits per heavy atom. The Morgan fingerprint density at radius 3 is 2.58 bits per heavy atom. The molecule has 102 valence electrons. The first-order chi connectivity index (χ1) is 9.06. The van der Waals surface area contributed by atoms with Crippen molar-refractivity contribution in [3.05, 3.63) is 27.1 Å². The third-order valence-corrected chi connectivity index (χ3v) is 4.03. The lowest BCUT2D eigenvalue weighted by Crippen LogP contribution is -2.41. The van der Waals surface area contributed by atoms with Gasteiger partial charge in [0.05, 0.1) is 4.47 Å². The molecule has 0 aromatic heterocycles. The Bertz CT molecular complexity index is 495. The lowest BCUT2D eigenvalue weighted by atomic mass is 10.1. The molecule has 0 aliphatic carbocycles. The zero-order valence-electron chi connectivity index (χ0n) is 10.2. The Kier molecular flexibility index (Phi) is 4.99. The molecule has 6 heteroatoms. The third-order valence-electron chi connectivity index (χ3n) is 2.92. The first-order valence-corrected chi connectivity index (χ1v) is 7.52. The van der Waals surface area contributed by atoms with E-state index in [1.165, 1.54) is 0 Å². The van der Waals surface area contributed by atoms with E-state index < -0.39 is 0 Å². The van der Waals surface area contributed by atoms with Crippen LogP contribution in [0.4, 0.5) is 0 Å². The maximum atomic E-state index is 11.9. The Labute approximate surface area is 128 Å². The van der Waals surface area contributed by atoms with E-state index in [1.807, 2.05) is 12.1 Å². The van der Waals surface area contributed by atoms with Crippen molar-refractivity contribution in [3.8, 4) is 5.75 Å². The second-order valence-corrected chi connectivity index (χ2v) is 6.05. The molecule has 1 aromatic carbocycles. The second kappa shape index (κ2) is 6.52. The summed E-state index contributed by atoms with van der Waals surface area (Å²) in [4.78, 5) is 24.7. The van der Waals surface area contributed by atoms with Crippen LogP contribution in [-0.4, -0.2) is 36.3 Å². The summed E-state index contributed by atoms with van der Waals surface area (Å²) >= 11 is 6.73. The molecular formula is C13H13Br2NO3. The van der Waals surface area contributed by atoms with E-state index in [1.54, 1.807) is 11.0 Å². The molecule has 0 atom stereocenters. The van der Waals surface area contributed by atoms with Crippen LogP contribution >= 0.6 is 31.9 Å². The summed E-state index contributed by atoms with van der Waals surface area (Å²) < 4.78 is 7.22. The van der Waals surface area contributed by atoms with Crippen molar-refractivity contribution in [1.29, 1.82) is 0 Å². The van der Waals surface area contributed by atoms with Gasteiger partial charge in [0.15, 0.2) is 6.61 Å². The molecule has 1 heterocycles. The average molecular weight is 391 g/mol. The number of halogens is 2. The molecule has 0 unspecified atom stereocenters. The number of amides is 1. The zero-order valence-corrected chi connectivity index (χ0v) is 13.4. The fourth-order valence-electron chi connectivity index (χ4n) is 1.83. The van der Waals surface area contributed by atoms with Crippen LogP contribution in [0.1, 0.15) is 12.8 Å². The van der Waals surface area contributed by atoms with Crippen molar-refractivity contribution in [2.24, 2.45) is 0 Å². The molecule has 0 radical (unpaired) electrons. The number of nitrogens with zero attached hydrogens (tertiary/aromatic N) is 1. The number of rotatable bonds is 3. The minimum Gasteiger partial charge on any atom is -0.483 e. The van der Waals surface area contributed by atoms with E-state index >= 15 is 0 Å². The van der Waals surface area contributed by atoms with Gasteiger partial charge in [0.25, 0.3) is 5.91 Å². The van der Waals surface area contributed by atoms with Crippen LogP contribution in [0.2, 0.25) is 0 Å². The van der Waals surface area contributed by atoms with Gasteiger partial charge in [-0.1, -0.05) is 15.9 Å². The van der Waals surface area contributed by atoms with E-state index in [4.69, 9.17) is 4.74 Å². The molecule has 0 bridgehead atoms. The van der Waals surface area contributed by atoms with E-state index in [9.17, 15) is 9.59 Å². The van der Waals surface area contributed by atoms with Gasteiger partial charge < -0.3 is 9.64 Å². The first-order valence-electron chi connectivity index (χ1n) is 5.93. The summed E-state index contributed by atoms with van der Waals surface area (Å²) in [5, 5.41) is 0. The number of hydrogen-bond acceptors (Lipinski definition) is 3. The summed E-state index contributed by atoms with van der Waals surface area (Å²) in [6.45, 7) is 0.999. The highest BCUT2D eigenvalue weighted by atomic mass is 79.9. The van der Waals surface area contributed by atoms with E-state index in [-0.39, 0.29) is 18.3 Å². The lowest BCUT2D eigenvalue weighted by molar-refractivity contribution is -0.136. The van der Waals surface area contributed by atoms with Crippen molar-refractivity contribution in [2.45, 2.75) is 12.8 Å². The molecule has 0 saturated carbocycles. The molecule has 1 aliphatic rings. The normalized spacial score (nSPS) is 15.5. The molecule has 1 amide bonds. The molecule has 0 spiro atoms. The maximum absolute atomic E-state index is 11.9.